The van der Waals surface area contributed by atoms with E-state index in [0.717, 1.165) is 38.3 Å². The van der Waals surface area contributed by atoms with Crippen LogP contribution in [0.15, 0.2) is 42.7 Å². The van der Waals surface area contributed by atoms with E-state index in [0.29, 0.717) is 0 Å². The van der Waals surface area contributed by atoms with Crippen molar-refractivity contribution in [2.75, 3.05) is 31.1 Å². The second-order valence-electron chi connectivity index (χ2n) is 7.43. The molecule has 26 heavy (non-hydrogen) atoms. The van der Waals surface area contributed by atoms with Crippen molar-refractivity contribution in [2.45, 2.75) is 32.9 Å². The number of anilines is 1. The number of aliphatic hydroxyl groups is 1. The number of pyridine rings is 1. The summed E-state index contributed by atoms with van der Waals surface area (Å²) in [4.78, 5) is 9.12. The van der Waals surface area contributed by atoms with Crippen molar-refractivity contribution in [1.29, 1.82) is 0 Å². The lowest BCUT2D eigenvalue weighted by molar-refractivity contribution is 0.143. The van der Waals surface area contributed by atoms with E-state index in [9.17, 15) is 5.11 Å². The highest BCUT2D eigenvalue weighted by Crippen LogP contribution is 2.20. The number of benzene rings is 1. The van der Waals surface area contributed by atoms with E-state index in [1.54, 1.807) is 13.8 Å². The summed E-state index contributed by atoms with van der Waals surface area (Å²) in [6.45, 7) is 10.7. The number of nitrogens with zero attached hydrogens (tertiary/aromatic N) is 3. The minimum Gasteiger partial charge on any atom is -0.378 e. The van der Waals surface area contributed by atoms with Gasteiger partial charge in [-0.1, -0.05) is 24.0 Å². The Hall–Kier alpha value is -2.35. The number of hydrogen-bond acceptors (Lipinski definition) is 4. The van der Waals surface area contributed by atoms with Crippen LogP contribution in [0.4, 0.5) is 5.69 Å². The first-order chi connectivity index (χ1) is 12.4. The second kappa shape index (κ2) is 7.90. The van der Waals surface area contributed by atoms with E-state index in [1.807, 2.05) is 24.5 Å². The van der Waals surface area contributed by atoms with E-state index >= 15 is 0 Å². The molecule has 1 aromatic heterocycles. The molecule has 1 N–H and O–H groups in total. The third-order valence-corrected chi connectivity index (χ3v) is 4.58. The monoisotopic (exact) mass is 349 g/mol. The van der Waals surface area contributed by atoms with Gasteiger partial charge in [0.05, 0.1) is 0 Å². The molecule has 0 aliphatic carbocycles. The second-order valence-corrected chi connectivity index (χ2v) is 7.43. The zero-order valence-electron chi connectivity index (χ0n) is 15.9. The summed E-state index contributed by atoms with van der Waals surface area (Å²) >= 11 is 0. The highest BCUT2D eigenvalue weighted by Gasteiger charge is 2.18. The van der Waals surface area contributed by atoms with Gasteiger partial charge in [0.25, 0.3) is 0 Å². The van der Waals surface area contributed by atoms with Crippen LogP contribution < -0.4 is 4.90 Å². The Morgan fingerprint density at radius 2 is 1.77 bits per heavy atom. The molecule has 0 amide bonds. The maximum absolute atomic E-state index is 9.68. The predicted octanol–water partition coefficient (Wildman–Crippen LogP) is 2.83. The molecule has 3 rings (SSSR count). The van der Waals surface area contributed by atoms with Gasteiger partial charge in [-0.15, -0.1) is 0 Å². The molecule has 2 aromatic rings. The van der Waals surface area contributed by atoms with Crippen molar-refractivity contribution >= 4 is 5.69 Å². The molecule has 1 aliphatic rings. The molecule has 1 fully saturated rings. The number of aromatic nitrogens is 1. The van der Waals surface area contributed by atoms with Crippen molar-refractivity contribution in [2.24, 2.45) is 0 Å². The Morgan fingerprint density at radius 3 is 2.38 bits per heavy atom. The summed E-state index contributed by atoms with van der Waals surface area (Å²) in [7, 11) is 0. The van der Waals surface area contributed by atoms with Crippen LogP contribution in [0.25, 0.3) is 0 Å². The van der Waals surface area contributed by atoms with Gasteiger partial charge in [0.2, 0.25) is 0 Å². The van der Waals surface area contributed by atoms with Crippen LogP contribution >= 0.6 is 0 Å². The van der Waals surface area contributed by atoms with Crippen molar-refractivity contribution in [3.63, 3.8) is 0 Å². The third-order valence-electron chi connectivity index (χ3n) is 4.58. The highest BCUT2D eigenvalue weighted by molar-refractivity contribution is 5.51. The van der Waals surface area contributed by atoms with Crippen LogP contribution in [-0.4, -0.2) is 46.8 Å². The molecular weight excluding hydrogens is 322 g/mol. The quantitative estimate of drug-likeness (QED) is 0.865. The first-order valence-electron chi connectivity index (χ1n) is 9.13. The molecule has 0 spiro atoms. The van der Waals surface area contributed by atoms with Crippen LogP contribution in [0.3, 0.4) is 0 Å². The van der Waals surface area contributed by atoms with Crippen LogP contribution in [0.1, 0.15) is 30.5 Å². The number of rotatable bonds is 3. The lowest BCUT2D eigenvalue weighted by Crippen LogP contribution is -2.46. The SMILES string of the molecule is Cc1cnccc1N1CCN(Cc2ccc(C#CC(C)(C)O)cc2)CC1. The minimum atomic E-state index is -0.953. The molecular formula is C22H27N3O. The van der Waals surface area contributed by atoms with Gasteiger partial charge in [0.15, 0.2) is 0 Å². The first-order valence-corrected chi connectivity index (χ1v) is 9.13. The molecule has 1 aromatic carbocycles. The normalized spacial score (nSPS) is 15.5. The molecule has 1 aliphatic heterocycles. The van der Waals surface area contributed by atoms with Gasteiger partial charge in [-0.2, -0.15) is 0 Å². The summed E-state index contributed by atoms with van der Waals surface area (Å²) in [6.07, 6.45) is 3.81. The summed E-state index contributed by atoms with van der Waals surface area (Å²) in [5.41, 5.74) is 3.82. The number of hydrogen-bond donors (Lipinski definition) is 1. The molecule has 0 unspecified atom stereocenters. The Balaban J connectivity index is 1.55. The topological polar surface area (TPSA) is 39.6 Å². The average Bonchev–Trinajstić information content (AvgIpc) is 2.62. The molecule has 0 bridgehead atoms. The molecule has 2 heterocycles. The van der Waals surface area contributed by atoms with E-state index in [1.165, 1.54) is 16.8 Å². The highest BCUT2D eigenvalue weighted by atomic mass is 16.3. The Morgan fingerprint density at radius 1 is 1.08 bits per heavy atom. The predicted molar refractivity (Wildman–Crippen MR) is 106 cm³/mol. The van der Waals surface area contributed by atoms with Gasteiger partial charge >= 0.3 is 0 Å². The van der Waals surface area contributed by atoms with Gasteiger partial charge in [0, 0.05) is 56.4 Å². The van der Waals surface area contributed by atoms with Crippen molar-refractivity contribution in [3.8, 4) is 11.8 Å². The standard InChI is InChI=1S/C22H27N3O/c1-18-16-23-11-9-21(18)25-14-12-24(13-15-25)17-20-6-4-19(5-7-20)8-10-22(2,3)26/h4-7,9,11,16,26H,12-15,17H2,1-3H3. The van der Waals surface area contributed by atoms with Crippen LogP contribution in [0.2, 0.25) is 0 Å². The zero-order chi connectivity index (χ0) is 18.6. The molecule has 4 heteroatoms. The minimum absolute atomic E-state index is 0.939. The number of aryl methyl sites for hydroxylation is 1. The summed E-state index contributed by atoms with van der Waals surface area (Å²) < 4.78 is 0. The Labute approximate surface area is 156 Å². The van der Waals surface area contributed by atoms with Crippen molar-refractivity contribution in [1.82, 2.24) is 9.88 Å². The van der Waals surface area contributed by atoms with Gasteiger partial charge in [-0.3, -0.25) is 9.88 Å². The van der Waals surface area contributed by atoms with Crippen LogP contribution in [0, 0.1) is 18.8 Å². The van der Waals surface area contributed by atoms with Crippen LogP contribution in [0.5, 0.6) is 0 Å². The van der Waals surface area contributed by atoms with Gasteiger partial charge in [-0.05, 0) is 50.1 Å². The first kappa shape index (κ1) is 18.4. The fraction of sp³-hybridized carbons (Fsp3) is 0.409. The zero-order valence-corrected chi connectivity index (χ0v) is 15.9. The Bertz CT molecular complexity index is 789. The third kappa shape index (κ3) is 5.08. The summed E-state index contributed by atoms with van der Waals surface area (Å²) in [5, 5.41) is 9.68. The average molecular weight is 349 g/mol. The maximum atomic E-state index is 9.68. The molecule has 0 atom stereocenters. The van der Waals surface area contributed by atoms with E-state index in [2.05, 4.69) is 51.7 Å². The molecule has 136 valence electrons. The fourth-order valence-electron chi connectivity index (χ4n) is 3.14. The van der Waals surface area contributed by atoms with Crippen molar-refractivity contribution in [3.05, 3.63) is 59.4 Å². The lowest BCUT2D eigenvalue weighted by Gasteiger charge is -2.36. The molecule has 0 saturated carbocycles. The maximum Gasteiger partial charge on any atom is 0.120 e. The molecule has 1 saturated heterocycles. The smallest absolute Gasteiger partial charge is 0.120 e. The number of piperazine rings is 1. The fourth-order valence-corrected chi connectivity index (χ4v) is 3.14. The summed E-state index contributed by atoms with van der Waals surface area (Å²) in [5.74, 6) is 5.87. The van der Waals surface area contributed by atoms with E-state index < -0.39 is 5.60 Å². The largest absolute Gasteiger partial charge is 0.378 e. The van der Waals surface area contributed by atoms with Gasteiger partial charge < -0.3 is 10.0 Å². The molecule has 4 nitrogen and oxygen atoms in total. The lowest BCUT2D eigenvalue weighted by atomic mass is 10.1. The van der Waals surface area contributed by atoms with Gasteiger partial charge in [0.1, 0.15) is 5.60 Å². The van der Waals surface area contributed by atoms with Gasteiger partial charge in [-0.25, -0.2) is 0 Å². The van der Waals surface area contributed by atoms with Crippen molar-refractivity contribution < 1.29 is 5.11 Å². The van der Waals surface area contributed by atoms with Crippen LogP contribution in [-0.2, 0) is 6.54 Å². The molecule has 0 radical (unpaired) electrons. The van der Waals surface area contributed by atoms with E-state index in [4.69, 9.17) is 0 Å². The van der Waals surface area contributed by atoms with E-state index in [-0.39, 0.29) is 0 Å². The summed E-state index contributed by atoms with van der Waals surface area (Å²) in [6, 6.07) is 10.4. The Kier molecular flexibility index (Phi) is 5.61.